The second-order valence-corrected chi connectivity index (χ2v) is 5.69. The van der Waals surface area contributed by atoms with Gasteiger partial charge in [0, 0.05) is 11.8 Å². The van der Waals surface area contributed by atoms with Gasteiger partial charge in [-0.3, -0.25) is 4.79 Å². The molecule has 142 valence electrons. The molecule has 0 atom stereocenters. The van der Waals surface area contributed by atoms with Crippen LogP contribution in [0.15, 0.2) is 66.7 Å². The summed E-state index contributed by atoms with van der Waals surface area (Å²) in [5.74, 6) is -2.20. The lowest BCUT2D eigenvalue weighted by molar-refractivity contribution is 0.0597. The summed E-state index contributed by atoms with van der Waals surface area (Å²) in [4.78, 5) is 23.9. The molecule has 1 amide bonds. The summed E-state index contributed by atoms with van der Waals surface area (Å²) in [5.41, 5.74) is 0.394. The Balaban J connectivity index is 1.72. The van der Waals surface area contributed by atoms with Gasteiger partial charge in [0.25, 0.3) is 5.91 Å². The Bertz CT molecular complexity index is 1020. The fraction of sp³-hybridized carbons (Fsp3) is 0.0476. The van der Waals surface area contributed by atoms with Gasteiger partial charge < -0.3 is 14.8 Å². The standard InChI is InChI=1S/C21H15F2NO4/c1-27-21(26)17-4-2-3-5-19(17)28-15-9-7-14(8-10-15)24-20(25)16-11-6-13(22)12-18(16)23/h2-12H,1H3,(H,24,25). The minimum absolute atomic E-state index is 0.270. The minimum atomic E-state index is -0.947. The number of anilines is 1. The predicted octanol–water partition coefficient (Wildman–Crippen LogP) is 4.80. The molecule has 28 heavy (non-hydrogen) atoms. The Kier molecular flexibility index (Phi) is 5.64. The maximum Gasteiger partial charge on any atom is 0.341 e. The molecule has 0 aromatic heterocycles. The van der Waals surface area contributed by atoms with Gasteiger partial charge in [-0.25, -0.2) is 13.6 Å². The monoisotopic (exact) mass is 383 g/mol. The quantitative estimate of drug-likeness (QED) is 0.643. The van der Waals surface area contributed by atoms with E-state index in [0.29, 0.717) is 23.3 Å². The molecule has 0 heterocycles. The van der Waals surface area contributed by atoms with Crippen molar-refractivity contribution in [2.24, 2.45) is 0 Å². The molecule has 0 saturated heterocycles. The van der Waals surface area contributed by atoms with E-state index in [9.17, 15) is 18.4 Å². The lowest BCUT2D eigenvalue weighted by atomic mass is 10.2. The molecular formula is C21H15F2NO4. The Morgan fingerprint density at radius 3 is 2.29 bits per heavy atom. The highest BCUT2D eigenvalue weighted by molar-refractivity contribution is 6.04. The number of hydrogen-bond donors (Lipinski definition) is 1. The summed E-state index contributed by atoms with van der Waals surface area (Å²) < 4.78 is 37.0. The van der Waals surface area contributed by atoms with Crippen LogP contribution in [-0.2, 0) is 4.74 Å². The topological polar surface area (TPSA) is 64.6 Å². The van der Waals surface area contributed by atoms with Crippen LogP contribution in [0, 0.1) is 11.6 Å². The summed E-state index contributed by atoms with van der Waals surface area (Å²) in [5, 5.41) is 2.52. The van der Waals surface area contributed by atoms with E-state index < -0.39 is 23.5 Å². The molecule has 0 bridgehead atoms. The fourth-order valence-corrected chi connectivity index (χ4v) is 2.44. The van der Waals surface area contributed by atoms with Crippen LogP contribution in [0.3, 0.4) is 0 Å². The van der Waals surface area contributed by atoms with Gasteiger partial charge in [0.05, 0.1) is 12.7 Å². The highest BCUT2D eigenvalue weighted by atomic mass is 19.1. The van der Waals surface area contributed by atoms with Crippen molar-refractivity contribution < 1.29 is 27.8 Å². The molecule has 0 spiro atoms. The van der Waals surface area contributed by atoms with E-state index in [1.165, 1.54) is 7.11 Å². The first kappa shape index (κ1) is 19.0. The first-order valence-electron chi connectivity index (χ1n) is 8.19. The number of carbonyl (C=O) groups excluding carboxylic acids is 2. The number of halogens is 2. The second kappa shape index (κ2) is 8.30. The molecule has 3 aromatic carbocycles. The molecule has 0 aliphatic rings. The van der Waals surface area contributed by atoms with Crippen molar-refractivity contribution in [2.75, 3.05) is 12.4 Å². The predicted molar refractivity (Wildman–Crippen MR) is 98.6 cm³/mol. The van der Waals surface area contributed by atoms with Gasteiger partial charge in [-0.05, 0) is 48.5 Å². The average molecular weight is 383 g/mol. The summed E-state index contributed by atoms with van der Waals surface area (Å²) in [6.07, 6.45) is 0. The van der Waals surface area contributed by atoms with Crippen molar-refractivity contribution in [3.63, 3.8) is 0 Å². The van der Waals surface area contributed by atoms with E-state index in [4.69, 9.17) is 9.47 Å². The zero-order valence-corrected chi connectivity index (χ0v) is 14.7. The number of para-hydroxylation sites is 1. The second-order valence-electron chi connectivity index (χ2n) is 5.69. The fourth-order valence-electron chi connectivity index (χ4n) is 2.44. The largest absolute Gasteiger partial charge is 0.465 e. The molecule has 0 radical (unpaired) electrons. The number of esters is 1. The maximum absolute atomic E-state index is 13.7. The molecular weight excluding hydrogens is 368 g/mol. The summed E-state index contributed by atoms with van der Waals surface area (Å²) in [7, 11) is 1.28. The highest BCUT2D eigenvalue weighted by Gasteiger charge is 2.14. The number of methoxy groups -OCH3 is 1. The molecule has 3 rings (SSSR count). The summed E-state index contributed by atoms with van der Waals surface area (Å²) in [6, 6.07) is 15.6. The average Bonchev–Trinajstić information content (AvgIpc) is 2.69. The number of hydrogen-bond acceptors (Lipinski definition) is 4. The number of nitrogens with one attached hydrogen (secondary N) is 1. The normalized spacial score (nSPS) is 10.2. The smallest absolute Gasteiger partial charge is 0.341 e. The number of rotatable bonds is 5. The van der Waals surface area contributed by atoms with Crippen LogP contribution < -0.4 is 10.1 Å². The van der Waals surface area contributed by atoms with E-state index in [1.807, 2.05) is 0 Å². The third-order valence-corrected chi connectivity index (χ3v) is 3.81. The number of carbonyl (C=O) groups is 2. The van der Waals surface area contributed by atoms with Gasteiger partial charge in [-0.15, -0.1) is 0 Å². The van der Waals surface area contributed by atoms with Gasteiger partial charge in [0.1, 0.15) is 28.7 Å². The van der Waals surface area contributed by atoms with E-state index in [0.717, 1.165) is 12.1 Å². The number of benzene rings is 3. The van der Waals surface area contributed by atoms with Gasteiger partial charge >= 0.3 is 5.97 Å². The molecule has 7 heteroatoms. The van der Waals surface area contributed by atoms with Crippen LogP contribution in [-0.4, -0.2) is 19.0 Å². The SMILES string of the molecule is COC(=O)c1ccccc1Oc1ccc(NC(=O)c2ccc(F)cc2F)cc1. The van der Waals surface area contributed by atoms with Gasteiger partial charge in [0.15, 0.2) is 0 Å². The minimum Gasteiger partial charge on any atom is -0.465 e. The van der Waals surface area contributed by atoms with Gasteiger partial charge in [-0.2, -0.15) is 0 Å². The molecule has 3 aromatic rings. The first-order chi connectivity index (χ1) is 13.5. The van der Waals surface area contributed by atoms with Crippen molar-refractivity contribution in [3.8, 4) is 11.5 Å². The van der Waals surface area contributed by atoms with E-state index in [2.05, 4.69) is 5.32 Å². The van der Waals surface area contributed by atoms with Crippen LogP contribution in [0.5, 0.6) is 11.5 Å². The van der Waals surface area contributed by atoms with Crippen molar-refractivity contribution >= 4 is 17.6 Å². The molecule has 5 nitrogen and oxygen atoms in total. The lowest BCUT2D eigenvalue weighted by Crippen LogP contribution is -2.13. The van der Waals surface area contributed by atoms with Crippen LogP contribution >= 0.6 is 0 Å². The third-order valence-electron chi connectivity index (χ3n) is 3.81. The van der Waals surface area contributed by atoms with Crippen LogP contribution in [0.2, 0.25) is 0 Å². The Labute approximate surface area is 159 Å². The molecule has 0 saturated carbocycles. The zero-order valence-electron chi connectivity index (χ0n) is 14.7. The van der Waals surface area contributed by atoms with E-state index in [-0.39, 0.29) is 11.1 Å². The van der Waals surface area contributed by atoms with Gasteiger partial charge in [0.2, 0.25) is 0 Å². The molecule has 0 unspecified atom stereocenters. The van der Waals surface area contributed by atoms with Crippen molar-refractivity contribution in [3.05, 3.63) is 89.5 Å². The first-order valence-corrected chi connectivity index (χ1v) is 8.19. The Morgan fingerprint density at radius 2 is 1.61 bits per heavy atom. The van der Waals surface area contributed by atoms with E-state index >= 15 is 0 Å². The Hall–Kier alpha value is -3.74. The third kappa shape index (κ3) is 4.32. The van der Waals surface area contributed by atoms with Crippen molar-refractivity contribution in [2.45, 2.75) is 0 Å². The Morgan fingerprint density at radius 1 is 0.893 bits per heavy atom. The summed E-state index contributed by atoms with van der Waals surface area (Å²) >= 11 is 0. The van der Waals surface area contributed by atoms with Crippen LogP contribution in [0.4, 0.5) is 14.5 Å². The van der Waals surface area contributed by atoms with Crippen LogP contribution in [0.1, 0.15) is 20.7 Å². The summed E-state index contributed by atoms with van der Waals surface area (Å²) in [6.45, 7) is 0. The van der Waals surface area contributed by atoms with Crippen molar-refractivity contribution in [1.29, 1.82) is 0 Å². The molecule has 0 fully saturated rings. The lowest BCUT2D eigenvalue weighted by Gasteiger charge is -2.11. The number of ether oxygens (including phenoxy) is 2. The maximum atomic E-state index is 13.7. The molecule has 0 aliphatic carbocycles. The van der Waals surface area contributed by atoms with Gasteiger partial charge in [-0.1, -0.05) is 12.1 Å². The highest BCUT2D eigenvalue weighted by Crippen LogP contribution is 2.27. The molecule has 1 N–H and O–H groups in total. The van der Waals surface area contributed by atoms with E-state index in [1.54, 1.807) is 48.5 Å². The van der Waals surface area contributed by atoms with Crippen LogP contribution in [0.25, 0.3) is 0 Å². The molecule has 0 aliphatic heterocycles. The van der Waals surface area contributed by atoms with Crippen molar-refractivity contribution in [1.82, 2.24) is 0 Å². The number of amides is 1. The zero-order chi connectivity index (χ0) is 20.1.